The van der Waals surface area contributed by atoms with E-state index in [-0.39, 0.29) is 24.3 Å². The molecule has 2 N–H and O–H groups in total. The second-order valence-electron chi connectivity index (χ2n) is 5.13. The van der Waals surface area contributed by atoms with Crippen molar-refractivity contribution in [1.82, 2.24) is 15.5 Å². The summed E-state index contributed by atoms with van der Waals surface area (Å²) in [6.45, 7) is 7.41. The van der Waals surface area contributed by atoms with E-state index in [9.17, 15) is 9.59 Å². The van der Waals surface area contributed by atoms with Crippen LogP contribution in [0.2, 0.25) is 0 Å². The molecule has 0 aromatic heterocycles. The van der Waals surface area contributed by atoms with E-state index < -0.39 is 0 Å². The molecule has 5 nitrogen and oxygen atoms in total. The minimum Gasteiger partial charge on any atom is -0.355 e. The van der Waals surface area contributed by atoms with Gasteiger partial charge in [-0.3, -0.25) is 9.59 Å². The molecule has 0 spiro atoms. The lowest BCUT2D eigenvalue weighted by Gasteiger charge is -2.29. The van der Waals surface area contributed by atoms with Crippen LogP contribution in [0.1, 0.15) is 39.5 Å². The number of carbonyl (C=O) groups excluding carboxylic acids is 2. The Bertz CT molecular complexity index is 288. The van der Waals surface area contributed by atoms with Gasteiger partial charge in [-0.1, -0.05) is 13.8 Å². The normalized spacial score (nSPS) is 16.1. The lowest BCUT2D eigenvalue weighted by Crippen LogP contribution is -2.46. The maximum absolute atomic E-state index is 12.4. The van der Waals surface area contributed by atoms with Crippen LogP contribution < -0.4 is 10.6 Å². The maximum atomic E-state index is 12.4. The van der Waals surface area contributed by atoms with Gasteiger partial charge in [0.25, 0.3) is 0 Å². The fourth-order valence-corrected chi connectivity index (χ4v) is 2.36. The Morgan fingerprint density at radius 3 is 2.47 bits per heavy atom. The second-order valence-corrected chi connectivity index (χ2v) is 5.13. The molecule has 1 saturated heterocycles. The van der Waals surface area contributed by atoms with Gasteiger partial charge in [0.15, 0.2) is 0 Å². The summed E-state index contributed by atoms with van der Waals surface area (Å²) in [5.41, 5.74) is 0. The molecule has 0 bridgehead atoms. The van der Waals surface area contributed by atoms with E-state index in [0.717, 1.165) is 38.8 Å². The summed E-state index contributed by atoms with van der Waals surface area (Å²) >= 11 is 0. The molecule has 0 aromatic carbocycles. The first kappa shape index (κ1) is 16.0. The van der Waals surface area contributed by atoms with Crippen LogP contribution in [0, 0.1) is 5.92 Å². The topological polar surface area (TPSA) is 61.4 Å². The van der Waals surface area contributed by atoms with E-state index in [1.54, 1.807) is 4.90 Å². The maximum Gasteiger partial charge on any atom is 0.239 e. The average Bonchev–Trinajstić information content (AvgIpc) is 2.45. The second kappa shape index (κ2) is 8.91. The Balaban J connectivity index is 2.49. The summed E-state index contributed by atoms with van der Waals surface area (Å²) in [7, 11) is 0. The highest BCUT2D eigenvalue weighted by atomic mass is 16.2. The van der Waals surface area contributed by atoms with Crippen molar-refractivity contribution in [3.63, 3.8) is 0 Å². The van der Waals surface area contributed by atoms with E-state index in [2.05, 4.69) is 10.6 Å². The van der Waals surface area contributed by atoms with Crippen LogP contribution in [0.4, 0.5) is 0 Å². The fraction of sp³-hybridized carbons (Fsp3) is 0.857. The lowest BCUT2D eigenvalue weighted by molar-refractivity contribution is -0.140. The molecule has 1 aliphatic rings. The first-order valence-corrected chi connectivity index (χ1v) is 7.45. The quantitative estimate of drug-likeness (QED) is 0.717. The van der Waals surface area contributed by atoms with Gasteiger partial charge in [-0.2, -0.15) is 0 Å². The Labute approximate surface area is 116 Å². The third kappa shape index (κ3) is 5.59. The predicted molar refractivity (Wildman–Crippen MR) is 75.8 cm³/mol. The molecule has 0 aliphatic carbocycles. The molecule has 0 saturated carbocycles. The Hall–Kier alpha value is -1.10. The molecular formula is C14H27N3O2. The van der Waals surface area contributed by atoms with Crippen molar-refractivity contribution in [3.05, 3.63) is 0 Å². The van der Waals surface area contributed by atoms with Gasteiger partial charge in [0, 0.05) is 19.0 Å². The van der Waals surface area contributed by atoms with E-state index in [4.69, 9.17) is 0 Å². The lowest BCUT2D eigenvalue weighted by atomic mass is 9.96. The predicted octanol–water partition coefficient (Wildman–Crippen LogP) is 0.751. The van der Waals surface area contributed by atoms with Crippen LogP contribution in [0.5, 0.6) is 0 Å². The molecule has 1 rings (SSSR count). The Kier molecular flexibility index (Phi) is 7.48. The minimum atomic E-state index is -0.0439. The van der Waals surface area contributed by atoms with Gasteiger partial charge in [0.1, 0.15) is 0 Å². The number of nitrogens with one attached hydrogen (secondary N) is 2. The third-order valence-corrected chi connectivity index (χ3v) is 3.40. The zero-order chi connectivity index (χ0) is 14.1. The SMILES string of the molecule is CCCNC(=O)CN(CCC)C(=O)C1CCNCC1. The molecular weight excluding hydrogens is 242 g/mol. The van der Waals surface area contributed by atoms with Gasteiger partial charge in [-0.15, -0.1) is 0 Å². The number of hydrogen-bond donors (Lipinski definition) is 2. The molecule has 0 unspecified atom stereocenters. The molecule has 0 aromatic rings. The Morgan fingerprint density at radius 2 is 1.89 bits per heavy atom. The van der Waals surface area contributed by atoms with Crippen LogP contribution in [0.25, 0.3) is 0 Å². The number of amides is 2. The summed E-state index contributed by atoms with van der Waals surface area (Å²) in [6, 6.07) is 0. The van der Waals surface area contributed by atoms with Gasteiger partial charge in [-0.05, 0) is 38.8 Å². The summed E-state index contributed by atoms with van der Waals surface area (Å²) in [5, 5.41) is 6.09. The molecule has 0 radical (unpaired) electrons. The first-order valence-electron chi connectivity index (χ1n) is 7.45. The summed E-state index contributed by atoms with van der Waals surface area (Å²) in [6.07, 6.45) is 3.57. The standard InChI is InChI=1S/C14H27N3O2/c1-3-7-16-13(18)11-17(10-4-2)14(19)12-5-8-15-9-6-12/h12,15H,3-11H2,1-2H3,(H,16,18). The third-order valence-electron chi connectivity index (χ3n) is 3.40. The summed E-state index contributed by atoms with van der Waals surface area (Å²) in [4.78, 5) is 25.9. The number of carbonyl (C=O) groups is 2. The zero-order valence-electron chi connectivity index (χ0n) is 12.2. The van der Waals surface area contributed by atoms with Crippen molar-refractivity contribution in [3.8, 4) is 0 Å². The largest absolute Gasteiger partial charge is 0.355 e. The molecule has 2 amide bonds. The van der Waals surface area contributed by atoms with Crippen molar-refractivity contribution in [2.75, 3.05) is 32.7 Å². The molecule has 1 aliphatic heterocycles. The van der Waals surface area contributed by atoms with Crippen LogP contribution in [-0.2, 0) is 9.59 Å². The van der Waals surface area contributed by atoms with Crippen molar-refractivity contribution in [1.29, 1.82) is 0 Å². The van der Waals surface area contributed by atoms with E-state index in [0.29, 0.717) is 13.1 Å². The number of nitrogens with zero attached hydrogens (tertiary/aromatic N) is 1. The number of rotatable bonds is 7. The van der Waals surface area contributed by atoms with E-state index in [1.165, 1.54) is 0 Å². The smallest absolute Gasteiger partial charge is 0.239 e. The highest BCUT2D eigenvalue weighted by Gasteiger charge is 2.26. The molecule has 0 atom stereocenters. The number of piperidine rings is 1. The van der Waals surface area contributed by atoms with Crippen LogP contribution in [0.15, 0.2) is 0 Å². The van der Waals surface area contributed by atoms with Crippen molar-refractivity contribution in [2.45, 2.75) is 39.5 Å². The molecule has 1 fully saturated rings. The first-order chi connectivity index (χ1) is 9.19. The van der Waals surface area contributed by atoms with Crippen LogP contribution in [0.3, 0.4) is 0 Å². The van der Waals surface area contributed by atoms with E-state index >= 15 is 0 Å². The molecule has 110 valence electrons. The van der Waals surface area contributed by atoms with E-state index in [1.807, 2.05) is 13.8 Å². The monoisotopic (exact) mass is 269 g/mol. The average molecular weight is 269 g/mol. The molecule has 1 heterocycles. The van der Waals surface area contributed by atoms with Gasteiger partial charge in [-0.25, -0.2) is 0 Å². The number of hydrogen-bond acceptors (Lipinski definition) is 3. The summed E-state index contributed by atoms with van der Waals surface area (Å²) in [5.74, 6) is 0.194. The highest BCUT2D eigenvalue weighted by Crippen LogP contribution is 2.15. The van der Waals surface area contributed by atoms with Crippen molar-refractivity contribution in [2.24, 2.45) is 5.92 Å². The molecule has 19 heavy (non-hydrogen) atoms. The highest BCUT2D eigenvalue weighted by molar-refractivity contribution is 5.86. The molecule has 5 heteroatoms. The van der Waals surface area contributed by atoms with Gasteiger partial charge in [0.05, 0.1) is 6.54 Å². The van der Waals surface area contributed by atoms with Crippen LogP contribution >= 0.6 is 0 Å². The summed E-state index contributed by atoms with van der Waals surface area (Å²) < 4.78 is 0. The van der Waals surface area contributed by atoms with Crippen molar-refractivity contribution >= 4 is 11.8 Å². The van der Waals surface area contributed by atoms with Crippen LogP contribution in [-0.4, -0.2) is 49.4 Å². The van der Waals surface area contributed by atoms with Crippen molar-refractivity contribution < 1.29 is 9.59 Å². The Morgan fingerprint density at radius 1 is 1.21 bits per heavy atom. The minimum absolute atomic E-state index is 0.0439. The zero-order valence-corrected chi connectivity index (χ0v) is 12.2. The fourth-order valence-electron chi connectivity index (χ4n) is 2.36. The van der Waals surface area contributed by atoms with Gasteiger partial charge < -0.3 is 15.5 Å². The van der Waals surface area contributed by atoms with Gasteiger partial charge in [0.2, 0.25) is 11.8 Å². The van der Waals surface area contributed by atoms with Gasteiger partial charge >= 0.3 is 0 Å².